The third kappa shape index (κ3) is 3.10. The molecule has 1 aromatic rings. The number of hydrogen-bond acceptors (Lipinski definition) is 2. The Hall–Kier alpha value is -1.42. The summed E-state index contributed by atoms with van der Waals surface area (Å²) < 4.78 is 0. The minimum Gasteiger partial charge on any atom is -0.368 e. The van der Waals surface area contributed by atoms with Crippen molar-refractivity contribution in [1.82, 2.24) is 9.80 Å². The van der Waals surface area contributed by atoms with E-state index >= 15 is 0 Å². The number of halogens is 1. The molecule has 2 heterocycles. The fourth-order valence-electron chi connectivity index (χ4n) is 3.17. The summed E-state index contributed by atoms with van der Waals surface area (Å²) in [6.45, 7) is 7.29. The number of likely N-dealkylation sites (tertiary alicyclic amines) is 1. The van der Waals surface area contributed by atoms with E-state index in [-0.39, 0.29) is 6.03 Å². The zero-order valence-electron chi connectivity index (χ0n) is 12.5. The molecule has 2 aliphatic rings. The van der Waals surface area contributed by atoms with Gasteiger partial charge in [0.1, 0.15) is 0 Å². The van der Waals surface area contributed by atoms with Crippen molar-refractivity contribution < 1.29 is 4.79 Å². The van der Waals surface area contributed by atoms with Gasteiger partial charge in [0, 0.05) is 50.0 Å². The summed E-state index contributed by atoms with van der Waals surface area (Å²) >= 11 is 6.10. The van der Waals surface area contributed by atoms with Crippen molar-refractivity contribution in [3.63, 3.8) is 0 Å². The van der Waals surface area contributed by atoms with E-state index in [9.17, 15) is 4.79 Å². The van der Waals surface area contributed by atoms with E-state index in [0.29, 0.717) is 0 Å². The van der Waals surface area contributed by atoms with E-state index in [0.717, 1.165) is 57.1 Å². The number of anilines is 1. The summed E-state index contributed by atoms with van der Waals surface area (Å²) in [5, 5.41) is 0.770. The van der Waals surface area contributed by atoms with Crippen LogP contribution in [0.3, 0.4) is 0 Å². The number of hydrogen-bond donors (Lipinski definition) is 0. The summed E-state index contributed by atoms with van der Waals surface area (Å²) in [6, 6.07) is 6.22. The van der Waals surface area contributed by atoms with Crippen molar-refractivity contribution in [1.29, 1.82) is 0 Å². The molecule has 2 aliphatic heterocycles. The summed E-state index contributed by atoms with van der Waals surface area (Å²) in [5.74, 6) is 0. The average molecular weight is 308 g/mol. The van der Waals surface area contributed by atoms with Crippen LogP contribution in [0.4, 0.5) is 10.5 Å². The lowest BCUT2D eigenvalue weighted by Gasteiger charge is -2.38. The molecule has 21 heavy (non-hydrogen) atoms. The zero-order valence-corrected chi connectivity index (χ0v) is 13.3. The Morgan fingerprint density at radius 3 is 2.29 bits per heavy atom. The predicted octanol–water partition coefficient (Wildman–Crippen LogP) is 2.99. The minimum absolute atomic E-state index is 0.218. The first-order chi connectivity index (χ1) is 10.1. The number of piperazine rings is 1. The molecule has 0 spiro atoms. The maximum atomic E-state index is 12.4. The van der Waals surface area contributed by atoms with Gasteiger partial charge in [-0.1, -0.05) is 17.7 Å². The number of benzene rings is 1. The molecule has 3 rings (SSSR count). The molecule has 0 saturated carbocycles. The van der Waals surface area contributed by atoms with E-state index in [1.54, 1.807) is 0 Å². The highest BCUT2D eigenvalue weighted by atomic mass is 35.5. The van der Waals surface area contributed by atoms with Gasteiger partial charge in [-0.3, -0.25) is 0 Å². The molecule has 0 bridgehead atoms. The highest BCUT2D eigenvalue weighted by Gasteiger charge is 2.27. The molecule has 0 radical (unpaired) electrons. The van der Waals surface area contributed by atoms with Crippen LogP contribution in [0.15, 0.2) is 18.2 Å². The summed E-state index contributed by atoms with van der Waals surface area (Å²) in [7, 11) is 0. The van der Waals surface area contributed by atoms with E-state index in [1.807, 2.05) is 21.9 Å². The molecule has 114 valence electrons. The molecule has 0 aliphatic carbocycles. The molecule has 0 N–H and O–H groups in total. The summed E-state index contributed by atoms with van der Waals surface area (Å²) in [6.07, 6.45) is 2.29. The Kier molecular flexibility index (Phi) is 4.24. The van der Waals surface area contributed by atoms with E-state index in [1.165, 1.54) is 11.3 Å². The quantitative estimate of drug-likeness (QED) is 0.797. The van der Waals surface area contributed by atoms with Gasteiger partial charge in [0.2, 0.25) is 0 Å². The van der Waals surface area contributed by atoms with Crippen LogP contribution in [0.5, 0.6) is 0 Å². The molecule has 4 nitrogen and oxygen atoms in total. The molecular formula is C16H22ClN3O. The van der Waals surface area contributed by atoms with Crippen molar-refractivity contribution in [2.75, 3.05) is 44.2 Å². The monoisotopic (exact) mass is 307 g/mol. The van der Waals surface area contributed by atoms with Gasteiger partial charge >= 0.3 is 6.03 Å². The second kappa shape index (κ2) is 6.14. The second-order valence-corrected chi connectivity index (χ2v) is 6.32. The molecule has 2 saturated heterocycles. The first-order valence-corrected chi connectivity index (χ1v) is 8.08. The predicted molar refractivity (Wildman–Crippen MR) is 86.2 cm³/mol. The van der Waals surface area contributed by atoms with Gasteiger partial charge in [-0.2, -0.15) is 0 Å². The Balaban J connectivity index is 1.62. The molecule has 2 amide bonds. The third-order valence-electron chi connectivity index (χ3n) is 4.44. The zero-order chi connectivity index (χ0) is 14.8. The van der Waals surface area contributed by atoms with Crippen LogP contribution in [-0.2, 0) is 0 Å². The summed E-state index contributed by atoms with van der Waals surface area (Å²) in [5.41, 5.74) is 2.43. The van der Waals surface area contributed by atoms with Crippen LogP contribution in [0.25, 0.3) is 0 Å². The van der Waals surface area contributed by atoms with Crippen molar-refractivity contribution in [3.05, 3.63) is 28.8 Å². The smallest absolute Gasteiger partial charge is 0.320 e. The van der Waals surface area contributed by atoms with Crippen LogP contribution in [0.2, 0.25) is 5.02 Å². The number of rotatable bonds is 1. The van der Waals surface area contributed by atoms with Gasteiger partial charge in [0.25, 0.3) is 0 Å². The Morgan fingerprint density at radius 2 is 1.62 bits per heavy atom. The topological polar surface area (TPSA) is 26.8 Å². The molecule has 1 aromatic carbocycles. The number of aryl methyl sites for hydroxylation is 1. The number of carbonyl (C=O) groups is 1. The van der Waals surface area contributed by atoms with Gasteiger partial charge in [0.15, 0.2) is 0 Å². The fraction of sp³-hybridized carbons (Fsp3) is 0.562. The maximum Gasteiger partial charge on any atom is 0.320 e. The number of urea groups is 1. The lowest BCUT2D eigenvalue weighted by Crippen LogP contribution is -2.52. The van der Waals surface area contributed by atoms with Crippen molar-refractivity contribution in [2.45, 2.75) is 19.8 Å². The molecule has 5 heteroatoms. The Morgan fingerprint density at radius 1 is 1.00 bits per heavy atom. The average Bonchev–Trinajstić information content (AvgIpc) is 3.03. The van der Waals surface area contributed by atoms with Crippen molar-refractivity contribution >= 4 is 23.3 Å². The first-order valence-electron chi connectivity index (χ1n) is 7.70. The second-order valence-electron chi connectivity index (χ2n) is 5.88. The number of amides is 2. The van der Waals surface area contributed by atoms with Crippen LogP contribution in [0, 0.1) is 6.92 Å². The Labute approximate surface area is 131 Å². The van der Waals surface area contributed by atoms with E-state index in [2.05, 4.69) is 17.9 Å². The van der Waals surface area contributed by atoms with Gasteiger partial charge in [-0.05, 0) is 37.5 Å². The molecule has 2 fully saturated rings. The first kappa shape index (κ1) is 14.5. The highest BCUT2D eigenvalue weighted by molar-refractivity contribution is 6.30. The van der Waals surface area contributed by atoms with Crippen LogP contribution in [0.1, 0.15) is 18.4 Å². The van der Waals surface area contributed by atoms with E-state index < -0.39 is 0 Å². The number of carbonyl (C=O) groups excluding carboxylic acids is 1. The van der Waals surface area contributed by atoms with Crippen LogP contribution in [-0.4, -0.2) is 55.1 Å². The van der Waals surface area contributed by atoms with Crippen LogP contribution < -0.4 is 4.90 Å². The SMILES string of the molecule is Cc1ccc(Cl)cc1N1CCN(C(=O)N2CCCC2)CC1. The summed E-state index contributed by atoms with van der Waals surface area (Å²) in [4.78, 5) is 18.7. The standard InChI is InChI=1S/C16H22ClN3O/c1-13-4-5-14(17)12-15(13)18-8-10-20(11-9-18)16(21)19-6-2-3-7-19/h4-5,12H,2-3,6-11H2,1H3. The highest BCUT2D eigenvalue weighted by Crippen LogP contribution is 2.25. The van der Waals surface area contributed by atoms with E-state index in [4.69, 9.17) is 11.6 Å². The molecule has 0 atom stereocenters. The molecule has 0 aromatic heterocycles. The van der Waals surface area contributed by atoms with Gasteiger partial charge in [-0.25, -0.2) is 4.79 Å². The van der Waals surface area contributed by atoms with Gasteiger partial charge in [-0.15, -0.1) is 0 Å². The molecular weight excluding hydrogens is 286 g/mol. The third-order valence-corrected chi connectivity index (χ3v) is 4.67. The lowest BCUT2D eigenvalue weighted by molar-refractivity contribution is 0.159. The van der Waals surface area contributed by atoms with Crippen LogP contribution >= 0.6 is 11.6 Å². The van der Waals surface area contributed by atoms with Gasteiger partial charge in [0.05, 0.1) is 0 Å². The van der Waals surface area contributed by atoms with Gasteiger partial charge < -0.3 is 14.7 Å². The lowest BCUT2D eigenvalue weighted by atomic mass is 10.1. The molecule has 0 unspecified atom stereocenters. The number of nitrogens with zero attached hydrogens (tertiary/aromatic N) is 3. The fourth-order valence-corrected chi connectivity index (χ4v) is 3.34. The largest absolute Gasteiger partial charge is 0.368 e. The maximum absolute atomic E-state index is 12.4. The Bertz CT molecular complexity index is 520. The van der Waals surface area contributed by atoms with Crippen molar-refractivity contribution in [3.8, 4) is 0 Å². The normalized spacial score (nSPS) is 19.2. The minimum atomic E-state index is 0.218. The van der Waals surface area contributed by atoms with Crippen molar-refractivity contribution in [2.24, 2.45) is 0 Å².